The fourth-order valence-electron chi connectivity index (χ4n) is 2.48. The van der Waals surface area contributed by atoms with E-state index in [1.165, 1.54) is 22.3 Å². The van der Waals surface area contributed by atoms with Gasteiger partial charge >= 0.3 is 0 Å². The van der Waals surface area contributed by atoms with Crippen LogP contribution in [0.15, 0.2) is 66.0 Å². The zero-order chi connectivity index (χ0) is 16.1. The van der Waals surface area contributed by atoms with Gasteiger partial charge in [-0.1, -0.05) is 56.9 Å². The number of aromatic amines is 1. The quantitative estimate of drug-likeness (QED) is 0.726. The van der Waals surface area contributed by atoms with E-state index in [9.17, 15) is 0 Å². The fourth-order valence-corrected chi connectivity index (χ4v) is 2.48. The Morgan fingerprint density at radius 3 is 2.45 bits per heavy atom. The predicted octanol–water partition coefficient (Wildman–Crippen LogP) is 5.87. The third kappa shape index (κ3) is 3.28. The summed E-state index contributed by atoms with van der Waals surface area (Å²) >= 11 is 0. The van der Waals surface area contributed by atoms with E-state index in [-0.39, 0.29) is 1.43 Å². The van der Waals surface area contributed by atoms with Gasteiger partial charge in [0.1, 0.15) is 5.82 Å². The molecule has 0 aliphatic heterocycles. The largest absolute Gasteiger partial charge is 0.338 e. The Labute approximate surface area is 134 Å². The van der Waals surface area contributed by atoms with Crippen LogP contribution in [0.4, 0.5) is 0 Å². The first kappa shape index (κ1) is 16.0. The molecule has 0 atom stereocenters. The van der Waals surface area contributed by atoms with Gasteiger partial charge in [0.05, 0.1) is 11.9 Å². The monoisotopic (exact) mass is 294 g/mol. The molecule has 1 N–H and O–H groups in total. The van der Waals surface area contributed by atoms with E-state index in [1.807, 2.05) is 27.0 Å². The summed E-state index contributed by atoms with van der Waals surface area (Å²) in [5.41, 5.74) is 7.21. The van der Waals surface area contributed by atoms with E-state index in [4.69, 9.17) is 0 Å². The van der Waals surface area contributed by atoms with E-state index < -0.39 is 0 Å². The third-order valence-corrected chi connectivity index (χ3v) is 3.71. The number of hydrogen-bond acceptors (Lipinski definition) is 1. The number of aromatic nitrogens is 2. The van der Waals surface area contributed by atoms with Gasteiger partial charge in [0.25, 0.3) is 0 Å². The molecule has 1 aromatic rings. The van der Waals surface area contributed by atoms with Gasteiger partial charge in [0.2, 0.25) is 0 Å². The molecule has 1 heterocycles. The molecule has 0 saturated carbocycles. The van der Waals surface area contributed by atoms with Crippen LogP contribution < -0.4 is 0 Å². The molecule has 0 amide bonds. The van der Waals surface area contributed by atoms with Crippen molar-refractivity contribution in [2.45, 2.75) is 34.1 Å². The fraction of sp³-hybridized carbons (Fsp3) is 0.250. The molecule has 116 valence electrons. The van der Waals surface area contributed by atoms with Crippen LogP contribution in [-0.4, -0.2) is 9.97 Å². The number of allylic oxidation sites excluding steroid dienone is 11. The van der Waals surface area contributed by atoms with Gasteiger partial charge in [0.15, 0.2) is 0 Å². The molecule has 0 unspecified atom stereocenters. The molecule has 0 saturated heterocycles. The van der Waals surface area contributed by atoms with Crippen molar-refractivity contribution in [3.8, 4) is 0 Å². The lowest BCUT2D eigenvalue weighted by Crippen LogP contribution is -1.92. The van der Waals surface area contributed by atoms with Crippen molar-refractivity contribution in [3.63, 3.8) is 0 Å². The average molecular weight is 294 g/mol. The molecule has 1 aromatic heterocycles. The van der Waals surface area contributed by atoms with Gasteiger partial charge in [-0.3, -0.25) is 0 Å². The van der Waals surface area contributed by atoms with Crippen molar-refractivity contribution in [1.29, 1.82) is 0 Å². The zero-order valence-electron chi connectivity index (χ0n) is 13.9. The molecule has 0 fully saturated rings. The maximum Gasteiger partial charge on any atom is 0.132 e. The average Bonchev–Trinajstić information content (AvgIpc) is 2.81. The smallest absolute Gasteiger partial charge is 0.132 e. The van der Waals surface area contributed by atoms with Crippen molar-refractivity contribution in [2.75, 3.05) is 0 Å². The van der Waals surface area contributed by atoms with E-state index in [0.29, 0.717) is 0 Å². The normalized spacial score (nSPS) is 16.2. The SMILES string of the molecule is C=C(C)c1ncc(C2=CC=C(C)C3=CC=CC=C2C3)[nH]1.CC.[HH]. The van der Waals surface area contributed by atoms with Crippen LogP contribution in [0, 0.1) is 0 Å². The standard InChI is InChI=1S/C18H18N2.C2H6.H2/c1-12(2)18-19-11-17(20-18)16-9-8-13(3)14-6-4-5-7-15(16)10-14;1-2;/h4-9,11H,1,10H2,2-3H3,(H,19,20);1-2H3;1H. The number of H-pyrrole nitrogens is 1. The van der Waals surface area contributed by atoms with E-state index in [0.717, 1.165) is 23.5 Å². The first-order valence-corrected chi connectivity index (χ1v) is 7.82. The van der Waals surface area contributed by atoms with Crippen molar-refractivity contribution in [3.05, 3.63) is 77.5 Å². The summed E-state index contributed by atoms with van der Waals surface area (Å²) in [6.07, 6.45) is 15.8. The van der Waals surface area contributed by atoms with E-state index in [1.54, 1.807) is 0 Å². The summed E-state index contributed by atoms with van der Waals surface area (Å²) in [7, 11) is 0. The van der Waals surface area contributed by atoms with Crippen LogP contribution in [0.1, 0.15) is 47.1 Å². The molecule has 0 radical (unpaired) electrons. The van der Waals surface area contributed by atoms with Crippen LogP contribution in [0.2, 0.25) is 0 Å². The van der Waals surface area contributed by atoms with Gasteiger partial charge in [-0.05, 0) is 42.6 Å². The minimum absolute atomic E-state index is 0. The minimum Gasteiger partial charge on any atom is -0.338 e. The Morgan fingerprint density at radius 1 is 1.14 bits per heavy atom. The summed E-state index contributed by atoms with van der Waals surface area (Å²) in [6, 6.07) is 0. The molecule has 0 spiro atoms. The van der Waals surface area contributed by atoms with E-state index >= 15 is 0 Å². The number of nitrogens with one attached hydrogen (secondary N) is 1. The Balaban J connectivity index is 0.000000849. The number of imidazole rings is 1. The lowest BCUT2D eigenvalue weighted by atomic mass is 9.96. The lowest BCUT2D eigenvalue weighted by molar-refractivity contribution is 1.17. The zero-order valence-corrected chi connectivity index (χ0v) is 13.9. The van der Waals surface area contributed by atoms with Gasteiger partial charge < -0.3 is 4.98 Å². The second-order valence-electron chi connectivity index (χ2n) is 5.30. The van der Waals surface area contributed by atoms with Crippen molar-refractivity contribution in [1.82, 2.24) is 9.97 Å². The summed E-state index contributed by atoms with van der Waals surface area (Å²) < 4.78 is 0. The molecule has 3 rings (SSSR count). The van der Waals surface area contributed by atoms with Gasteiger partial charge in [-0.25, -0.2) is 4.98 Å². The molecule has 2 nitrogen and oxygen atoms in total. The highest BCUT2D eigenvalue weighted by molar-refractivity contribution is 5.81. The summed E-state index contributed by atoms with van der Waals surface area (Å²) in [4.78, 5) is 7.75. The molecule has 2 aliphatic rings. The second-order valence-corrected chi connectivity index (χ2v) is 5.30. The second kappa shape index (κ2) is 7.08. The van der Waals surface area contributed by atoms with Crippen molar-refractivity contribution < 1.29 is 1.43 Å². The number of nitrogens with zero attached hydrogens (tertiary/aromatic N) is 1. The van der Waals surface area contributed by atoms with Crippen LogP contribution in [0.5, 0.6) is 0 Å². The Hall–Kier alpha value is -2.35. The first-order chi connectivity index (χ1) is 10.6. The minimum atomic E-state index is 0. The number of hydrogen-bond donors (Lipinski definition) is 1. The summed E-state index contributed by atoms with van der Waals surface area (Å²) in [5.74, 6) is 0.853. The Kier molecular flexibility index (Phi) is 5.16. The van der Waals surface area contributed by atoms with Crippen LogP contribution in [0.3, 0.4) is 0 Å². The highest BCUT2D eigenvalue weighted by Gasteiger charge is 2.16. The van der Waals surface area contributed by atoms with Crippen LogP contribution in [0.25, 0.3) is 11.1 Å². The number of fused-ring (bicyclic) bond motifs is 2. The molecule has 0 aromatic carbocycles. The Morgan fingerprint density at radius 2 is 1.82 bits per heavy atom. The predicted molar refractivity (Wildman–Crippen MR) is 98.4 cm³/mol. The molecule has 2 aliphatic carbocycles. The van der Waals surface area contributed by atoms with Gasteiger partial charge in [-0.15, -0.1) is 0 Å². The lowest BCUT2D eigenvalue weighted by Gasteiger charge is -2.09. The van der Waals surface area contributed by atoms with Crippen molar-refractivity contribution in [2.24, 2.45) is 0 Å². The van der Waals surface area contributed by atoms with Crippen molar-refractivity contribution >= 4 is 11.1 Å². The molecule has 2 heteroatoms. The molecular weight excluding hydrogens is 268 g/mol. The summed E-state index contributed by atoms with van der Waals surface area (Å²) in [6.45, 7) is 12.1. The molecule has 2 bridgehead atoms. The third-order valence-electron chi connectivity index (χ3n) is 3.71. The van der Waals surface area contributed by atoms with Gasteiger partial charge in [0, 0.05) is 7.00 Å². The van der Waals surface area contributed by atoms with Gasteiger partial charge in [-0.2, -0.15) is 0 Å². The van der Waals surface area contributed by atoms with E-state index in [2.05, 4.69) is 59.9 Å². The Bertz CT molecular complexity index is 725. The summed E-state index contributed by atoms with van der Waals surface area (Å²) in [5, 5.41) is 0. The molecular formula is C20H26N2. The highest BCUT2D eigenvalue weighted by atomic mass is 14.9. The number of rotatable bonds is 2. The topological polar surface area (TPSA) is 28.7 Å². The highest BCUT2D eigenvalue weighted by Crippen LogP contribution is 2.34. The maximum atomic E-state index is 4.39. The first-order valence-electron chi connectivity index (χ1n) is 7.82. The van der Waals surface area contributed by atoms with Crippen LogP contribution in [-0.2, 0) is 0 Å². The maximum absolute atomic E-state index is 4.39. The molecule has 22 heavy (non-hydrogen) atoms. The van der Waals surface area contributed by atoms with Crippen LogP contribution >= 0.6 is 0 Å².